The molecule has 2 aliphatic rings. The van der Waals surface area contributed by atoms with Crippen LogP contribution in [0.2, 0.25) is 0 Å². The van der Waals surface area contributed by atoms with Crippen molar-refractivity contribution in [2.45, 2.75) is 118 Å². The van der Waals surface area contributed by atoms with Gasteiger partial charge in [0.1, 0.15) is 23.3 Å². The van der Waals surface area contributed by atoms with Gasteiger partial charge in [-0.2, -0.15) is 0 Å². The predicted molar refractivity (Wildman–Crippen MR) is 300 cm³/mol. The minimum absolute atomic E-state index is 0.366. The average molecular weight is 1030 g/mol. The van der Waals surface area contributed by atoms with Crippen molar-refractivity contribution in [1.82, 2.24) is 19.9 Å². The van der Waals surface area contributed by atoms with E-state index in [9.17, 15) is 19.8 Å². The number of ether oxygens (including phenoxy) is 4. The molecule has 2 aliphatic heterocycles. The summed E-state index contributed by atoms with van der Waals surface area (Å²) in [6.07, 6.45) is 2.70. The Kier molecular flexibility index (Phi) is 13.0. The molecule has 12 heteroatoms. The van der Waals surface area contributed by atoms with Crippen LogP contribution in [0.5, 0.6) is 11.5 Å². The maximum atomic E-state index is 13.9. The Hall–Kier alpha value is -8.24. The molecule has 0 radical (unpaired) electrons. The maximum absolute atomic E-state index is 13.9. The van der Waals surface area contributed by atoms with Crippen LogP contribution in [0.4, 0.5) is 0 Å². The third kappa shape index (κ3) is 9.49. The molecule has 4 aromatic heterocycles. The lowest BCUT2D eigenvalue weighted by molar-refractivity contribution is -0.161. The SMILES string of the molecule is CC#Cc1ccc2c(-c3ccc4c5c(ccnc35)CC(c3c(C)c([C@H](OC(C)(C)C)C(=O)O)c(-c5ccc6c7c(ccnc57)CCO6)c5ccc(CCc6ccccc6)nc35)O4)c([C@H](OC(C)(C)C)C(=O)O)c(C)cc2n1. The van der Waals surface area contributed by atoms with Crippen molar-refractivity contribution in [3.05, 3.63) is 165 Å². The predicted octanol–water partition coefficient (Wildman–Crippen LogP) is 13.5. The van der Waals surface area contributed by atoms with Crippen molar-refractivity contribution < 1.29 is 38.7 Å². The number of carboxylic acid groups (broad SMARTS) is 2. The number of aryl methyl sites for hydroxylation is 3. The van der Waals surface area contributed by atoms with Gasteiger partial charge in [-0.25, -0.2) is 14.6 Å². The van der Waals surface area contributed by atoms with E-state index >= 15 is 0 Å². The van der Waals surface area contributed by atoms with Crippen molar-refractivity contribution in [3.8, 4) is 45.6 Å². The summed E-state index contributed by atoms with van der Waals surface area (Å²) in [4.78, 5) is 47.8. The molecule has 0 saturated carbocycles. The molecule has 12 nitrogen and oxygen atoms in total. The molecule has 0 saturated heterocycles. The number of aromatic nitrogens is 4. The number of hydrogen-bond donors (Lipinski definition) is 2. The Labute approximate surface area is 447 Å². The number of rotatable bonds is 12. The van der Waals surface area contributed by atoms with Gasteiger partial charge in [0.15, 0.2) is 12.2 Å². The summed E-state index contributed by atoms with van der Waals surface area (Å²) < 4.78 is 26.5. The van der Waals surface area contributed by atoms with Crippen LogP contribution in [0.15, 0.2) is 109 Å². The molecular formula is C65H60N4O8. The first kappa shape index (κ1) is 50.9. The van der Waals surface area contributed by atoms with Crippen LogP contribution in [-0.4, -0.2) is 59.9 Å². The molecule has 388 valence electrons. The second-order valence-corrected chi connectivity index (χ2v) is 22.0. The van der Waals surface area contributed by atoms with Crippen LogP contribution in [0.25, 0.3) is 65.9 Å². The van der Waals surface area contributed by atoms with Crippen LogP contribution in [0, 0.1) is 25.7 Å². The van der Waals surface area contributed by atoms with Crippen LogP contribution in [0.1, 0.15) is 123 Å². The number of fused-ring (bicyclic) bond motifs is 2. The standard InChI is InChI=1S/C65H60N4O8/c1-10-14-40-19-21-42-46(68-40)33-35(2)50(60(62(70)71)76-64(4,5)6)55(42)43-24-26-48-54-39(28-31-67-58(43)54)34-49(75-48)51-36(3)52(61(63(72)73)77-65(7,8)9)56(44-23-25-47-53-38(29-32-74-47)27-30-66-57(44)53)45-22-20-41(69-59(45)51)18-17-37-15-12-11-13-16-37/h11-13,15-16,19-28,30-31,33,49,60-61H,17-18,29,32,34H2,1-9H3,(H,70,71)(H,72,73)/t49?,60-,61-/m0/s1. The molecular weight excluding hydrogens is 965 g/mol. The van der Waals surface area contributed by atoms with E-state index in [4.69, 9.17) is 38.9 Å². The number of carboxylic acids is 2. The third-order valence-electron chi connectivity index (χ3n) is 14.5. The van der Waals surface area contributed by atoms with Crippen LogP contribution >= 0.6 is 0 Å². The van der Waals surface area contributed by atoms with Crippen molar-refractivity contribution in [3.63, 3.8) is 0 Å². The van der Waals surface area contributed by atoms with Gasteiger partial charge in [0, 0.05) is 80.3 Å². The molecule has 9 aromatic rings. The van der Waals surface area contributed by atoms with E-state index < -0.39 is 41.5 Å². The summed E-state index contributed by atoms with van der Waals surface area (Å²) >= 11 is 0. The Bertz CT molecular complexity index is 3940. The topological polar surface area (TPSA) is 163 Å². The number of carbonyl (C=O) groups is 2. The van der Waals surface area contributed by atoms with Gasteiger partial charge in [-0.15, -0.1) is 0 Å². The number of pyridine rings is 4. The molecule has 2 N–H and O–H groups in total. The van der Waals surface area contributed by atoms with E-state index in [2.05, 4.69) is 30.0 Å². The Balaban J connectivity index is 1.15. The van der Waals surface area contributed by atoms with E-state index in [0.717, 1.165) is 61.7 Å². The molecule has 1 unspecified atom stereocenters. The van der Waals surface area contributed by atoms with Crippen LogP contribution < -0.4 is 9.47 Å². The van der Waals surface area contributed by atoms with Gasteiger partial charge < -0.3 is 29.2 Å². The Morgan fingerprint density at radius 2 is 1.32 bits per heavy atom. The zero-order valence-electron chi connectivity index (χ0n) is 44.8. The first-order valence-corrected chi connectivity index (χ1v) is 26.2. The van der Waals surface area contributed by atoms with Crippen molar-refractivity contribution >= 4 is 55.6 Å². The Morgan fingerprint density at radius 3 is 1.99 bits per heavy atom. The molecule has 0 amide bonds. The monoisotopic (exact) mass is 1020 g/mol. The highest BCUT2D eigenvalue weighted by Gasteiger charge is 2.39. The first-order valence-electron chi connectivity index (χ1n) is 26.2. The molecule has 0 bridgehead atoms. The Morgan fingerprint density at radius 1 is 0.701 bits per heavy atom. The zero-order chi connectivity index (χ0) is 54.1. The minimum Gasteiger partial charge on any atom is -0.493 e. The summed E-state index contributed by atoms with van der Waals surface area (Å²) in [6, 6.07) is 32.0. The average Bonchev–Trinajstić information content (AvgIpc) is 3.60. The van der Waals surface area contributed by atoms with E-state index in [1.54, 1.807) is 13.1 Å². The summed E-state index contributed by atoms with van der Waals surface area (Å²) in [5.41, 5.74) is 11.6. The van der Waals surface area contributed by atoms with E-state index in [1.807, 2.05) is 140 Å². The highest BCUT2D eigenvalue weighted by atomic mass is 16.5. The van der Waals surface area contributed by atoms with Gasteiger partial charge >= 0.3 is 11.9 Å². The molecule has 3 atom stereocenters. The van der Waals surface area contributed by atoms with Gasteiger partial charge in [0.2, 0.25) is 0 Å². The van der Waals surface area contributed by atoms with Crippen molar-refractivity contribution in [1.29, 1.82) is 0 Å². The lowest BCUT2D eigenvalue weighted by Crippen LogP contribution is -2.29. The summed E-state index contributed by atoms with van der Waals surface area (Å²) in [5.74, 6) is 5.05. The first-order chi connectivity index (χ1) is 36.9. The van der Waals surface area contributed by atoms with E-state index in [1.165, 1.54) is 5.56 Å². The van der Waals surface area contributed by atoms with E-state index in [-0.39, 0.29) is 0 Å². The number of aliphatic carboxylic acids is 2. The molecule has 6 heterocycles. The number of nitrogens with zero attached hydrogens (tertiary/aromatic N) is 4. The molecule has 11 rings (SSSR count). The van der Waals surface area contributed by atoms with Crippen LogP contribution in [-0.2, 0) is 44.7 Å². The number of hydrogen-bond acceptors (Lipinski definition) is 10. The highest BCUT2D eigenvalue weighted by molar-refractivity contribution is 6.11. The zero-order valence-corrected chi connectivity index (χ0v) is 44.8. The second kappa shape index (κ2) is 19.7. The fourth-order valence-electron chi connectivity index (χ4n) is 11.5. The normalized spacial score (nSPS) is 14.9. The lowest BCUT2D eigenvalue weighted by Gasteiger charge is -2.33. The number of benzene rings is 5. The molecule has 0 fully saturated rings. The van der Waals surface area contributed by atoms with Gasteiger partial charge in [-0.3, -0.25) is 15.0 Å². The smallest absolute Gasteiger partial charge is 0.337 e. The third-order valence-corrected chi connectivity index (χ3v) is 14.5. The fraction of sp³-hybridized carbons (Fsp3) is 0.292. The summed E-state index contributed by atoms with van der Waals surface area (Å²) in [5, 5.41) is 25.4. The van der Waals surface area contributed by atoms with Gasteiger partial charge in [0.25, 0.3) is 0 Å². The molecule has 0 aliphatic carbocycles. The fourth-order valence-corrected chi connectivity index (χ4v) is 11.5. The molecule has 0 spiro atoms. The summed E-state index contributed by atoms with van der Waals surface area (Å²) in [7, 11) is 0. The second-order valence-electron chi connectivity index (χ2n) is 22.0. The van der Waals surface area contributed by atoms with Gasteiger partial charge in [0.05, 0.1) is 39.9 Å². The molecule has 77 heavy (non-hydrogen) atoms. The van der Waals surface area contributed by atoms with Crippen LogP contribution in [0.3, 0.4) is 0 Å². The maximum Gasteiger partial charge on any atom is 0.337 e. The van der Waals surface area contributed by atoms with Crippen molar-refractivity contribution in [2.24, 2.45) is 0 Å². The lowest BCUT2D eigenvalue weighted by atomic mass is 9.81. The largest absolute Gasteiger partial charge is 0.493 e. The van der Waals surface area contributed by atoms with Gasteiger partial charge in [-0.05, 0) is 181 Å². The molecule has 5 aromatic carbocycles. The van der Waals surface area contributed by atoms with Crippen molar-refractivity contribution in [2.75, 3.05) is 6.61 Å². The van der Waals surface area contributed by atoms with Gasteiger partial charge in [-0.1, -0.05) is 42.3 Å². The van der Waals surface area contributed by atoms with E-state index in [0.29, 0.717) is 98.3 Å². The quantitative estimate of drug-likeness (QED) is 0.112. The summed E-state index contributed by atoms with van der Waals surface area (Å²) in [6.45, 7) is 17.3. The highest BCUT2D eigenvalue weighted by Crippen LogP contribution is 2.51. The minimum atomic E-state index is -1.41.